The van der Waals surface area contributed by atoms with Gasteiger partial charge in [-0.25, -0.2) is 0 Å². The number of allylic oxidation sites excluding steroid dienone is 3. The molecule has 3 rings (SSSR count). The van der Waals surface area contributed by atoms with Crippen molar-refractivity contribution in [2.75, 3.05) is 0 Å². The molecular formula is C27H44O4. The van der Waals surface area contributed by atoms with Crippen LogP contribution in [0, 0.1) is 23.2 Å². The first-order valence-corrected chi connectivity index (χ1v) is 12.3. The Morgan fingerprint density at radius 3 is 2.58 bits per heavy atom. The maximum absolute atomic E-state index is 10.3. The van der Waals surface area contributed by atoms with Crippen molar-refractivity contribution >= 4 is 0 Å². The monoisotopic (exact) mass is 432 g/mol. The maximum atomic E-state index is 10.3. The Labute approximate surface area is 188 Å². The maximum Gasteiger partial charge on any atom is 0.0849 e. The van der Waals surface area contributed by atoms with Gasteiger partial charge in [0.1, 0.15) is 0 Å². The summed E-state index contributed by atoms with van der Waals surface area (Å²) >= 11 is 0. The molecule has 7 atom stereocenters. The number of hydrogen-bond donors (Lipinski definition) is 4. The van der Waals surface area contributed by atoms with Gasteiger partial charge in [0.2, 0.25) is 0 Å². The van der Waals surface area contributed by atoms with E-state index in [-0.39, 0.29) is 5.41 Å². The van der Waals surface area contributed by atoms with Gasteiger partial charge in [-0.2, -0.15) is 0 Å². The molecule has 0 aromatic heterocycles. The van der Waals surface area contributed by atoms with E-state index in [9.17, 15) is 20.4 Å². The molecule has 3 aliphatic carbocycles. The Hall–Kier alpha value is -0.940. The molecule has 0 spiro atoms. The zero-order valence-electron chi connectivity index (χ0n) is 20.0. The van der Waals surface area contributed by atoms with Crippen molar-refractivity contribution in [2.45, 2.75) is 109 Å². The summed E-state index contributed by atoms with van der Waals surface area (Å²) in [6, 6.07) is 0. The van der Waals surface area contributed by atoms with E-state index in [0.717, 1.165) is 24.0 Å². The molecule has 2 unspecified atom stereocenters. The van der Waals surface area contributed by atoms with Gasteiger partial charge in [0.15, 0.2) is 0 Å². The Morgan fingerprint density at radius 1 is 1.19 bits per heavy atom. The fourth-order valence-corrected chi connectivity index (χ4v) is 6.65. The van der Waals surface area contributed by atoms with Crippen molar-refractivity contribution in [3.05, 3.63) is 35.5 Å². The Morgan fingerprint density at radius 2 is 1.90 bits per heavy atom. The van der Waals surface area contributed by atoms with Crippen LogP contribution in [0.25, 0.3) is 0 Å². The number of rotatable bonds is 6. The highest BCUT2D eigenvalue weighted by Gasteiger charge is 2.50. The molecule has 31 heavy (non-hydrogen) atoms. The second kappa shape index (κ2) is 9.51. The van der Waals surface area contributed by atoms with Gasteiger partial charge in [0, 0.05) is 6.42 Å². The molecule has 0 aromatic carbocycles. The molecule has 3 saturated carbocycles. The topological polar surface area (TPSA) is 80.9 Å². The molecule has 0 radical (unpaired) electrons. The summed E-state index contributed by atoms with van der Waals surface area (Å²) < 4.78 is 0. The lowest BCUT2D eigenvalue weighted by molar-refractivity contribution is -0.0554. The molecule has 0 aliphatic heterocycles. The van der Waals surface area contributed by atoms with Crippen LogP contribution in [0.3, 0.4) is 0 Å². The quantitative estimate of drug-likeness (QED) is 0.491. The second-order valence-corrected chi connectivity index (χ2v) is 11.4. The predicted octanol–water partition coefficient (Wildman–Crippen LogP) is 4.68. The summed E-state index contributed by atoms with van der Waals surface area (Å²) in [6.45, 7) is 12.2. The van der Waals surface area contributed by atoms with E-state index >= 15 is 0 Å². The van der Waals surface area contributed by atoms with Crippen molar-refractivity contribution in [1.29, 1.82) is 0 Å². The molecule has 0 saturated heterocycles. The number of hydrogen-bond acceptors (Lipinski definition) is 4. The number of fused-ring (bicyclic) bond motifs is 1. The summed E-state index contributed by atoms with van der Waals surface area (Å²) in [5.41, 5.74) is 2.48. The number of aliphatic hydroxyl groups excluding tert-OH is 3. The summed E-state index contributed by atoms with van der Waals surface area (Å²) in [4.78, 5) is 0. The van der Waals surface area contributed by atoms with Crippen molar-refractivity contribution in [3.63, 3.8) is 0 Å². The lowest BCUT2D eigenvalue weighted by atomic mass is 9.60. The summed E-state index contributed by atoms with van der Waals surface area (Å²) in [6.07, 6.45) is 11.1. The van der Waals surface area contributed by atoms with Gasteiger partial charge in [-0.1, -0.05) is 38.2 Å². The molecular weight excluding hydrogens is 388 g/mol. The molecule has 3 aliphatic rings. The predicted molar refractivity (Wildman–Crippen MR) is 125 cm³/mol. The van der Waals surface area contributed by atoms with Gasteiger partial charge in [-0.05, 0) is 99.5 Å². The Kier molecular flexibility index (Phi) is 7.57. The highest BCUT2D eigenvalue weighted by molar-refractivity contribution is 5.38. The van der Waals surface area contributed by atoms with Crippen molar-refractivity contribution in [1.82, 2.24) is 0 Å². The van der Waals surface area contributed by atoms with Crippen LogP contribution in [0.4, 0.5) is 0 Å². The molecule has 4 N–H and O–H groups in total. The highest BCUT2D eigenvalue weighted by atomic mass is 16.3. The van der Waals surface area contributed by atoms with Crippen LogP contribution in [-0.2, 0) is 0 Å². The van der Waals surface area contributed by atoms with Gasteiger partial charge in [0.05, 0.1) is 23.9 Å². The van der Waals surface area contributed by atoms with Crippen LogP contribution < -0.4 is 0 Å². The highest BCUT2D eigenvalue weighted by Crippen LogP contribution is 2.60. The van der Waals surface area contributed by atoms with Gasteiger partial charge in [-0.3, -0.25) is 0 Å². The SMILES string of the molecule is C=C1/C(=C\C=C2/CCC[C@]3(C)[C@@H]([C@H](C)CCC(O)C(C)(C)O)CC[C@@H]23)C[C@@H](O)CC1O. The first kappa shape index (κ1) is 24.7. The third-order valence-corrected chi connectivity index (χ3v) is 8.70. The molecule has 4 nitrogen and oxygen atoms in total. The van der Waals surface area contributed by atoms with Gasteiger partial charge in [-0.15, -0.1) is 0 Å². The van der Waals surface area contributed by atoms with Crippen molar-refractivity contribution in [2.24, 2.45) is 23.2 Å². The van der Waals surface area contributed by atoms with E-state index < -0.39 is 23.9 Å². The molecule has 0 aromatic rings. The molecule has 0 amide bonds. The van der Waals surface area contributed by atoms with E-state index in [1.54, 1.807) is 13.8 Å². The normalized spacial score (nSPS) is 39.0. The van der Waals surface area contributed by atoms with E-state index in [0.29, 0.717) is 37.0 Å². The third kappa shape index (κ3) is 5.35. The zero-order valence-corrected chi connectivity index (χ0v) is 20.0. The minimum atomic E-state index is -1.04. The largest absolute Gasteiger partial charge is 0.393 e. The van der Waals surface area contributed by atoms with E-state index in [4.69, 9.17) is 0 Å². The van der Waals surface area contributed by atoms with Gasteiger partial charge >= 0.3 is 0 Å². The minimum absolute atomic E-state index is 0.282. The second-order valence-electron chi connectivity index (χ2n) is 11.4. The van der Waals surface area contributed by atoms with Gasteiger partial charge < -0.3 is 20.4 Å². The Balaban J connectivity index is 1.71. The third-order valence-electron chi connectivity index (χ3n) is 8.70. The van der Waals surface area contributed by atoms with Crippen LogP contribution in [0.15, 0.2) is 35.5 Å². The van der Waals surface area contributed by atoms with Crippen molar-refractivity contribution < 1.29 is 20.4 Å². The van der Waals surface area contributed by atoms with Crippen LogP contribution in [-0.4, -0.2) is 44.3 Å². The summed E-state index contributed by atoms with van der Waals surface area (Å²) in [5.74, 6) is 1.74. The average molecular weight is 433 g/mol. The molecule has 4 heteroatoms. The van der Waals surface area contributed by atoms with E-state index in [2.05, 4.69) is 32.6 Å². The number of aliphatic hydroxyl groups is 4. The van der Waals surface area contributed by atoms with E-state index in [1.165, 1.54) is 31.3 Å². The fraction of sp³-hybridized carbons (Fsp3) is 0.778. The Bertz CT molecular complexity index is 715. The first-order chi connectivity index (χ1) is 14.4. The van der Waals surface area contributed by atoms with Crippen LogP contribution in [0.5, 0.6) is 0 Å². The fourth-order valence-electron chi connectivity index (χ4n) is 6.65. The molecule has 176 valence electrons. The smallest absolute Gasteiger partial charge is 0.0849 e. The van der Waals surface area contributed by atoms with Gasteiger partial charge in [0.25, 0.3) is 0 Å². The summed E-state index contributed by atoms with van der Waals surface area (Å²) in [5, 5.41) is 40.5. The first-order valence-electron chi connectivity index (χ1n) is 12.3. The molecule has 3 fully saturated rings. The van der Waals surface area contributed by atoms with Crippen LogP contribution >= 0.6 is 0 Å². The average Bonchev–Trinajstić information content (AvgIpc) is 3.04. The minimum Gasteiger partial charge on any atom is -0.393 e. The molecule has 0 bridgehead atoms. The van der Waals surface area contributed by atoms with Crippen LogP contribution in [0.1, 0.15) is 85.5 Å². The standard InChI is InChI=1S/C27H44O4/c1-17(8-13-25(30)26(3,4)31)22-11-12-23-19(7-6-14-27(22,23)5)9-10-20-15-21(28)16-24(29)18(20)2/h9-10,17,21-25,28-31H,2,6-8,11-16H2,1,3-5H3/b19-9+,20-10-/t17-,21-,22-,23+,24?,25?,27-/m1/s1. The van der Waals surface area contributed by atoms with E-state index in [1.807, 2.05) is 0 Å². The molecule has 0 heterocycles. The lowest BCUT2D eigenvalue weighted by Crippen LogP contribution is -2.38. The summed E-state index contributed by atoms with van der Waals surface area (Å²) in [7, 11) is 0. The van der Waals surface area contributed by atoms with Crippen LogP contribution in [0.2, 0.25) is 0 Å². The lowest BCUT2D eigenvalue weighted by Gasteiger charge is -2.44. The van der Waals surface area contributed by atoms with Crippen molar-refractivity contribution in [3.8, 4) is 0 Å². The zero-order chi connectivity index (χ0) is 23.0.